The topological polar surface area (TPSA) is 119 Å². The van der Waals surface area contributed by atoms with Crippen LogP contribution in [-0.2, 0) is 47.5 Å². The van der Waals surface area contributed by atoms with Gasteiger partial charge in [-0.1, -0.05) is 116 Å². The van der Waals surface area contributed by atoms with Crippen LogP contribution in [0.15, 0.2) is 48.6 Å². The molecule has 0 aromatic carbocycles. The molecule has 0 aromatic heterocycles. The summed E-state index contributed by atoms with van der Waals surface area (Å²) in [7, 11) is 0. The van der Waals surface area contributed by atoms with E-state index in [0.717, 1.165) is 167 Å². The maximum atomic E-state index is 13.4. The fourth-order valence-electron chi connectivity index (χ4n) is 13.7. The van der Waals surface area contributed by atoms with Gasteiger partial charge in [-0.2, -0.15) is 0 Å². The van der Waals surface area contributed by atoms with Gasteiger partial charge in [-0.25, -0.2) is 0 Å². The van der Waals surface area contributed by atoms with Crippen LogP contribution >= 0.6 is 0 Å². The molecule has 83 heavy (non-hydrogen) atoms. The minimum absolute atomic E-state index is 0.0709. The van der Waals surface area contributed by atoms with Crippen LogP contribution < -0.4 is 0 Å². The zero-order chi connectivity index (χ0) is 59.8. The highest BCUT2D eigenvalue weighted by Crippen LogP contribution is 2.69. The molecule has 4 atom stereocenters. The van der Waals surface area contributed by atoms with Gasteiger partial charge in [-0.05, 0) is 234 Å². The van der Waals surface area contributed by atoms with Crippen molar-refractivity contribution in [1.29, 1.82) is 0 Å². The van der Waals surface area contributed by atoms with Crippen LogP contribution in [0.3, 0.4) is 0 Å². The molecule has 4 rings (SSSR count). The van der Waals surface area contributed by atoms with Gasteiger partial charge in [-0.3, -0.25) is 14.4 Å². The second kappa shape index (κ2) is 48.2. The van der Waals surface area contributed by atoms with Gasteiger partial charge in [0.15, 0.2) is 12.6 Å². The molecule has 0 N–H and O–H groups in total. The summed E-state index contributed by atoms with van der Waals surface area (Å²) in [5.41, 5.74) is 0.612. The fourth-order valence-corrected chi connectivity index (χ4v) is 13.7. The SMILES string of the molecule is CCC/C=C\CCCCOC(CCC(=O)OCCCC12CCC3(CCCOC(=O)CCCN(CC)CC)CC(C1)CC(CCCOC(=O)CCC(OCCCC/C=C\CCC)OCCCC/C=C\CCC)(C3)C2)OCCCC/C=C\CCC. The van der Waals surface area contributed by atoms with Gasteiger partial charge in [0.25, 0.3) is 0 Å². The Morgan fingerprint density at radius 3 is 1.07 bits per heavy atom. The average molecular weight is 1170 g/mol. The van der Waals surface area contributed by atoms with Gasteiger partial charge in [0.1, 0.15) is 0 Å². The molecule has 4 aliphatic rings. The minimum atomic E-state index is -0.404. The normalized spacial score (nSPS) is 20.7. The van der Waals surface area contributed by atoms with Crippen LogP contribution in [0.4, 0.5) is 0 Å². The van der Waals surface area contributed by atoms with E-state index in [1.165, 1.54) is 70.6 Å². The zero-order valence-electron chi connectivity index (χ0n) is 54.5. The number of unbranched alkanes of at least 4 members (excludes halogenated alkanes) is 12. The second-order valence-electron chi connectivity index (χ2n) is 25.4. The molecule has 0 amide bonds. The summed E-state index contributed by atoms with van der Waals surface area (Å²) < 4.78 is 42.8. The molecule has 4 fully saturated rings. The van der Waals surface area contributed by atoms with Crippen molar-refractivity contribution in [2.24, 2.45) is 22.2 Å². The van der Waals surface area contributed by atoms with Crippen molar-refractivity contribution in [2.45, 2.75) is 305 Å². The molecule has 4 bridgehead atoms. The zero-order valence-corrected chi connectivity index (χ0v) is 54.5. The van der Waals surface area contributed by atoms with E-state index in [9.17, 15) is 14.4 Å². The average Bonchev–Trinajstić information content (AvgIpc) is 2.33. The van der Waals surface area contributed by atoms with Crippen molar-refractivity contribution in [3.63, 3.8) is 0 Å². The molecule has 0 radical (unpaired) electrons. The van der Waals surface area contributed by atoms with Gasteiger partial charge in [0, 0.05) is 45.7 Å². The van der Waals surface area contributed by atoms with E-state index < -0.39 is 12.6 Å². The predicted octanol–water partition coefficient (Wildman–Crippen LogP) is 18.8. The number of carbonyl (C=O) groups is 3. The Labute approximate surface area is 509 Å². The highest BCUT2D eigenvalue weighted by Gasteiger charge is 2.58. The number of fused-ring (bicyclic) bond motifs is 1. The van der Waals surface area contributed by atoms with Gasteiger partial charge in [-0.15, -0.1) is 0 Å². The second-order valence-corrected chi connectivity index (χ2v) is 25.4. The molecule has 0 aliphatic heterocycles. The molecule has 4 unspecified atom stereocenters. The van der Waals surface area contributed by atoms with E-state index in [0.29, 0.717) is 71.4 Å². The summed E-state index contributed by atoms with van der Waals surface area (Å²) in [6.07, 6.45) is 56.2. The van der Waals surface area contributed by atoms with Crippen LogP contribution in [0.1, 0.15) is 292 Å². The lowest BCUT2D eigenvalue weighted by Crippen LogP contribution is -2.45. The number of esters is 3. The molecule has 0 heterocycles. The highest BCUT2D eigenvalue weighted by molar-refractivity contribution is 5.70. The van der Waals surface area contributed by atoms with Crippen molar-refractivity contribution in [1.82, 2.24) is 4.90 Å². The lowest BCUT2D eigenvalue weighted by atomic mass is 9.49. The van der Waals surface area contributed by atoms with Crippen molar-refractivity contribution in [3.8, 4) is 0 Å². The van der Waals surface area contributed by atoms with E-state index in [4.69, 9.17) is 33.2 Å². The van der Waals surface area contributed by atoms with Gasteiger partial charge in [0.05, 0.1) is 32.7 Å². The number of ether oxygens (including phenoxy) is 7. The number of hydrogen-bond donors (Lipinski definition) is 0. The molecular weight excluding hydrogens is 1040 g/mol. The quantitative estimate of drug-likeness (QED) is 0.0190. The number of hydrogen-bond acceptors (Lipinski definition) is 11. The summed E-state index contributed by atoms with van der Waals surface area (Å²) in [4.78, 5) is 41.9. The largest absolute Gasteiger partial charge is 0.466 e. The molecule has 0 spiro atoms. The third-order valence-electron chi connectivity index (χ3n) is 17.9. The van der Waals surface area contributed by atoms with Gasteiger partial charge >= 0.3 is 17.9 Å². The van der Waals surface area contributed by atoms with Crippen LogP contribution in [0, 0.1) is 22.2 Å². The monoisotopic (exact) mass is 1170 g/mol. The number of nitrogens with zero attached hydrogens (tertiary/aromatic N) is 1. The van der Waals surface area contributed by atoms with Crippen molar-refractivity contribution in [2.75, 3.05) is 65.9 Å². The van der Waals surface area contributed by atoms with Crippen molar-refractivity contribution < 1.29 is 47.5 Å². The molecule has 4 aliphatic carbocycles. The molecule has 4 saturated carbocycles. The van der Waals surface area contributed by atoms with E-state index in [-0.39, 0.29) is 47.0 Å². The number of allylic oxidation sites excluding steroid dienone is 8. The maximum Gasteiger partial charge on any atom is 0.305 e. The van der Waals surface area contributed by atoms with Gasteiger partial charge < -0.3 is 38.1 Å². The molecule has 480 valence electrons. The maximum absolute atomic E-state index is 13.4. The fraction of sp³-hybridized carbons (Fsp3) is 0.847. The van der Waals surface area contributed by atoms with Crippen LogP contribution in [0.5, 0.6) is 0 Å². The molecular formula is C72H127NO10. The number of rotatable bonds is 56. The van der Waals surface area contributed by atoms with Crippen LogP contribution in [0.2, 0.25) is 0 Å². The Balaban J connectivity index is 1.58. The lowest BCUT2D eigenvalue weighted by molar-refractivity contribution is -0.159. The third-order valence-corrected chi connectivity index (χ3v) is 17.9. The Bertz CT molecular complexity index is 1690. The summed E-state index contributed by atoms with van der Waals surface area (Å²) in [6.45, 7) is 20.0. The van der Waals surface area contributed by atoms with E-state index in [1.54, 1.807) is 0 Å². The molecule has 0 aromatic rings. The Hall–Kier alpha value is -2.83. The molecule has 0 saturated heterocycles. The summed E-state index contributed by atoms with van der Waals surface area (Å²) in [5, 5.41) is 0. The lowest BCUT2D eigenvalue weighted by Gasteiger charge is -2.56. The Morgan fingerprint density at radius 2 is 0.723 bits per heavy atom. The first-order valence-electron chi connectivity index (χ1n) is 34.8. The van der Waals surface area contributed by atoms with E-state index >= 15 is 0 Å². The summed E-state index contributed by atoms with van der Waals surface area (Å²) >= 11 is 0. The smallest absolute Gasteiger partial charge is 0.305 e. The summed E-state index contributed by atoms with van der Waals surface area (Å²) in [5.74, 6) is 0.236. The molecule has 11 nitrogen and oxygen atoms in total. The van der Waals surface area contributed by atoms with Gasteiger partial charge in [0.2, 0.25) is 0 Å². The standard InChI is InChI=1S/C72H127NO10/c1-7-13-17-21-25-29-33-52-80-68(81-53-34-30-26-22-18-14-8-2)44-42-66(75)78-57-39-47-71-50-49-70(46-38-56-77-65(74)41-37-51-73(11-5)12-6)59-64(60-71)61-72(62-70,63-71)48-40-58-79-67(76)43-45-69(82-54-35-31-27-23-19-15-9-3)83-55-36-32-28-24-20-16-10-4/h17-24,64,68-69H,7-16,25-63H2,1-6H3/b21-17-,22-18-,23-19-,24-20-. The summed E-state index contributed by atoms with van der Waals surface area (Å²) in [6, 6.07) is 0. The Kier molecular flexibility index (Phi) is 43.2. The van der Waals surface area contributed by atoms with Crippen molar-refractivity contribution >= 4 is 17.9 Å². The first kappa shape index (κ1) is 74.4. The first-order chi connectivity index (χ1) is 40.6. The van der Waals surface area contributed by atoms with Crippen LogP contribution in [0.25, 0.3) is 0 Å². The molecule has 11 heteroatoms. The minimum Gasteiger partial charge on any atom is -0.466 e. The highest BCUT2D eigenvalue weighted by atomic mass is 16.7. The Morgan fingerprint density at radius 1 is 0.398 bits per heavy atom. The van der Waals surface area contributed by atoms with Crippen LogP contribution in [-0.4, -0.2) is 101 Å². The number of carbonyl (C=O) groups excluding carboxylic acids is 3. The third kappa shape index (κ3) is 35.5. The van der Waals surface area contributed by atoms with E-state index in [2.05, 4.69) is 95.1 Å². The predicted molar refractivity (Wildman–Crippen MR) is 342 cm³/mol. The first-order valence-corrected chi connectivity index (χ1v) is 34.8. The van der Waals surface area contributed by atoms with E-state index in [1.807, 2.05) is 0 Å². The van der Waals surface area contributed by atoms with Crippen molar-refractivity contribution in [3.05, 3.63) is 48.6 Å².